The minimum atomic E-state index is -0.401. The lowest BCUT2D eigenvalue weighted by Gasteiger charge is -2.09. The fourth-order valence-corrected chi connectivity index (χ4v) is 2.29. The maximum absolute atomic E-state index is 11.6. The summed E-state index contributed by atoms with van der Waals surface area (Å²) in [5.41, 5.74) is 1.00. The molecule has 1 atom stereocenters. The standard InChI is InChI=1S/C15H20BrNO4/c1-2-3-10-21-15(18)14(16)9-5-7-12-6-4-8-13(11-12)17(19)20/h4,6,8,11,14H,2-3,5,7,9-10H2,1H3. The first-order valence-corrected chi connectivity index (χ1v) is 8.00. The number of carbonyl (C=O) groups excluding carboxylic acids is 1. The van der Waals surface area contributed by atoms with E-state index in [0.29, 0.717) is 19.4 Å². The first kappa shape index (κ1) is 17.6. The van der Waals surface area contributed by atoms with Gasteiger partial charge in [-0.2, -0.15) is 0 Å². The van der Waals surface area contributed by atoms with Crippen LogP contribution in [0.3, 0.4) is 0 Å². The lowest BCUT2D eigenvalue weighted by Crippen LogP contribution is -2.18. The van der Waals surface area contributed by atoms with E-state index >= 15 is 0 Å². The molecule has 21 heavy (non-hydrogen) atoms. The van der Waals surface area contributed by atoms with E-state index in [4.69, 9.17) is 4.74 Å². The van der Waals surface area contributed by atoms with Crippen LogP contribution in [0.4, 0.5) is 5.69 Å². The molecule has 6 heteroatoms. The fraction of sp³-hybridized carbons (Fsp3) is 0.533. The van der Waals surface area contributed by atoms with Crippen molar-refractivity contribution < 1.29 is 14.5 Å². The number of benzene rings is 1. The summed E-state index contributed by atoms with van der Waals surface area (Å²) in [4.78, 5) is 21.6. The summed E-state index contributed by atoms with van der Waals surface area (Å²) in [6, 6.07) is 6.58. The third-order valence-corrected chi connectivity index (χ3v) is 3.87. The minimum Gasteiger partial charge on any atom is -0.465 e. The van der Waals surface area contributed by atoms with Gasteiger partial charge in [0.05, 0.1) is 11.5 Å². The number of rotatable bonds is 9. The zero-order valence-electron chi connectivity index (χ0n) is 12.1. The number of aryl methyl sites for hydroxylation is 1. The molecule has 1 rings (SSSR count). The molecule has 1 unspecified atom stereocenters. The molecule has 5 nitrogen and oxygen atoms in total. The average molecular weight is 358 g/mol. The Labute approximate surface area is 133 Å². The van der Waals surface area contributed by atoms with Crippen LogP contribution in [0.1, 0.15) is 38.2 Å². The van der Waals surface area contributed by atoms with Gasteiger partial charge >= 0.3 is 5.97 Å². The van der Waals surface area contributed by atoms with Gasteiger partial charge in [-0.1, -0.05) is 41.4 Å². The van der Waals surface area contributed by atoms with Crippen LogP contribution in [0.2, 0.25) is 0 Å². The van der Waals surface area contributed by atoms with Gasteiger partial charge in [0.15, 0.2) is 0 Å². The van der Waals surface area contributed by atoms with Crippen molar-refractivity contribution in [3.05, 3.63) is 39.9 Å². The quantitative estimate of drug-likeness (QED) is 0.220. The molecule has 1 aromatic carbocycles. The van der Waals surface area contributed by atoms with Gasteiger partial charge in [0.1, 0.15) is 4.83 Å². The highest BCUT2D eigenvalue weighted by Gasteiger charge is 2.16. The molecule has 0 fully saturated rings. The summed E-state index contributed by atoms with van der Waals surface area (Å²) in [6.45, 7) is 2.50. The second-order valence-electron chi connectivity index (χ2n) is 4.81. The van der Waals surface area contributed by atoms with Crippen molar-refractivity contribution in [2.75, 3.05) is 6.61 Å². The summed E-state index contributed by atoms with van der Waals surface area (Å²) in [5, 5.41) is 10.7. The van der Waals surface area contributed by atoms with Crippen LogP contribution in [0, 0.1) is 10.1 Å². The number of halogens is 1. The highest BCUT2D eigenvalue weighted by atomic mass is 79.9. The predicted molar refractivity (Wildman–Crippen MR) is 84.6 cm³/mol. The number of carbonyl (C=O) groups is 1. The summed E-state index contributed by atoms with van der Waals surface area (Å²) in [7, 11) is 0. The van der Waals surface area contributed by atoms with Crippen molar-refractivity contribution in [2.24, 2.45) is 0 Å². The Morgan fingerprint density at radius 2 is 2.19 bits per heavy atom. The third-order valence-electron chi connectivity index (χ3n) is 3.04. The Hall–Kier alpha value is -1.43. The van der Waals surface area contributed by atoms with Crippen LogP contribution in [-0.4, -0.2) is 22.3 Å². The molecule has 1 aromatic rings. The molecule has 0 bridgehead atoms. The monoisotopic (exact) mass is 357 g/mol. The van der Waals surface area contributed by atoms with Crippen LogP contribution < -0.4 is 0 Å². The Morgan fingerprint density at radius 3 is 2.86 bits per heavy atom. The van der Waals surface area contributed by atoms with Crippen LogP contribution >= 0.6 is 15.9 Å². The van der Waals surface area contributed by atoms with Crippen molar-refractivity contribution >= 4 is 27.6 Å². The molecular weight excluding hydrogens is 338 g/mol. The van der Waals surface area contributed by atoms with E-state index < -0.39 is 4.92 Å². The van der Waals surface area contributed by atoms with Crippen molar-refractivity contribution in [3.8, 4) is 0 Å². The van der Waals surface area contributed by atoms with Crippen molar-refractivity contribution in [3.63, 3.8) is 0 Å². The number of alkyl halides is 1. The minimum absolute atomic E-state index is 0.0990. The molecular formula is C15H20BrNO4. The van der Waals surface area contributed by atoms with E-state index in [-0.39, 0.29) is 16.5 Å². The van der Waals surface area contributed by atoms with Gasteiger partial charge in [0.25, 0.3) is 5.69 Å². The summed E-state index contributed by atoms with van der Waals surface area (Å²) in [6.07, 6.45) is 3.98. The molecule has 0 spiro atoms. The van der Waals surface area contributed by atoms with Gasteiger partial charge in [-0.3, -0.25) is 14.9 Å². The second kappa shape index (κ2) is 9.50. The molecule has 0 amide bonds. The van der Waals surface area contributed by atoms with Gasteiger partial charge in [-0.05, 0) is 31.2 Å². The third kappa shape index (κ3) is 6.71. The molecule has 0 aliphatic heterocycles. The number of hydrogen-bond acceptors (Lipinski definition) is 4. The van der Waals surface area contributed by atoms with Gasteiger partial charge in [-0.15, -0.1) is 0 Å². The number of nitrogens with zero attached hydrogens (tertiary/aromatic N) is 1. The van der Waals surface area contributed by atoms with E-state index in [1.54, 1.807) is 12.1 Å². The number of ether oxygens (including phenoxy) is 1. The highest BCUT2D eigenvalue weighted by Crippen LogP contribution is 2.17. The van der Waals surface area contributed by atoms with Gasteiger partial charge in [-0.25, -0.2) is 0 Å². The van der Waals surface area contributed by atoms with E-state index in [1.165, 1.54) is 6.07 Å². The van der Waals surface area contributed by atoms with E-state index in [1.807, 2.05) is 13.0 Å². The van der Waals surface area contributed by atoms with E-state index in [0.717, 1.165) is 24.8 Å². The van der Waals surface area contributed by atoms with Crippen molar-refractivity contribution in [1.82, 2.24) is 0 Å². The molecule has 116 valence electrons. The van der Waals surface area contributed by atoms with Crippen LogP contribution in [0.5, 0.6) is 0 Å². The first-order valence-electron chi connectivity index (χ1n) is 7.08. The summed E-state index contributed by atoms with van der Waals surface area (Å²) >= 11 is 3.32. The zero-order chi connectivity index (χ0) is 15.7. The predicted octanol–water partition coefficient (Wildman–Crippen LogP) is 4.02. The molecule has 0 aromatic heterocycles. The van der Waals surface area contributed by atoms with Crippen molar-refractivity contribution in [2.45, 2.75) is 43.9 Å². The number of nitro groups is 1. The number of esters is 1. The summed E-state index contributed by atoms with van der Waals surface area (Å²) < 4.78 is 5.12. The van der Waals surface area contributed by atoms with Crippen LogP contribution in [0.15, 0.2) is 24.3 Å². The number of non-ortho nitro benzene ring substituents is 1. The summed E-state index contributed by atoms with van der Waals surface area (Å²) in [5.74, 6) is -0.234. The van der Waals surface area contributed by atoms with Crippen LogP contribution in [-0.2, 0) is 16.0 Å². The highest BCUT2D eigenvalue weighted by molar-refractivity contribution is 9.10. The fourth-order valence-electron chi connectivity index (χ4n) is 1.84. The maximum atomic E-state index is 11.6. The lowest BCUT2D eigenvalue weighted by atomic mass is 10.1. The molecule has 0 aliphatic carbocycles. The maximum Gasteiger partial charge on any atom is 0.319 e. The Kier molecular flexibility index (Phi) is 7.97. The first-order chi connectivity index (χ1) is 10.0. The topological polar surface area (TPSA) is 69.4 Å². The lowest BCUT2D eigenvalue weighted by molar-refractivity contribution is -0.384. The average Bonchev–Trinajstić information content (AvgIpc) is 2.47. The molecule has 0 heterocycles. The SMILES string of the molecule is CCCCOC(=O)C(Br)CCCc1cccc([N+](=O)[O-])c1. The molecule has 0 saturated carbocycles. The molecule has 0 saturated heterocycles. The number of nitro benzene ring substituents is 1. The Balaban J connectivity index is 2.34. The normalized spacial score (nSPS) is 11.9. The smallest absolute Gasteiger partial charge is 0.319 e. The van der Waals surface area contributed by atoms with Gasteiger partial charge < -0.3 is 4.74 Å². The second-order valence-corrected chi connectivity index (χ2v) is 5.91. The van der Waals surface area contributed by atoms with Gasteiger partial charge in [0.2, 0.25) is 0 Å². The van der Waals surface area contributed by atoms with Crippen molar-refractivity contribution in [1.29, 1.82) is 0 Å². The molecule has 0 radical (unpaired) electrons. The molecule has 0 aliphatic rings. The number of unbranched alkanes of at least 4 members (excludes halogenated alkanes) is 1. The van der Waals surface area contributed by atoms with Crippen LogP contribution in [0.25, 0.3) is 0 Å². The van der Waals surface area contributed by atoms with E-state index in [2.05, 4.69) is 15.9 Å². The van der Waals surface area contributed by atoms with E-state index in [9.17, 15) is 14.9 Å². The molecule has 0 N–H and O–H groups in total. The zero-order valence-corrected chi connectivity index (χ0v) is 13.7. The van der Waals surface area contributed by atoms with Gasteiger partial charge in [0, 0.05) is 12.1 Å². The Bertz CT molecular complexity index is 478. The Morgan fingerprint density at radius 1 is 1.43 bits per heavy atom. The largest absolute Gasteiger partial charge is 0.465 e. The number of hydrogen-bond donors (Lipinski definition) is 0.